The first-order valence-electron chi connectivity index (χ1n) is 14.2. The van der Waals surface area contributed by atoms with E-state index in [1.54, 1.807) is 24.3 Å². The third kappa shape index (κ3) is 5.67. The van der Waals surface area contributed by atoms with E-state index in [1.165, 1.54) is 11.0 Å². The lowest BCUT2D eigenvalue weighted by atomic mass is 9.84. The number of ether oxygens (including phenoxy) is 1. The Morgan fingerprint density at radius 1 is 0.951 bits per heavy atom. The summed E-state index contributed by atoms with van der Waals surface area (Å²) in [6.45, 7) is 16.2. The van der Waals surface area contributed by atoms with Gasteiger partial charge in [0.05, 0.1) is 23.9 Å². The molecule has 216 valence electrons. The predicted molar refractivity (Wildman–Crippen MR) is 164 cm³/mol. The van der Waals surface area contributed by atoms with Gasteiger partial charge in [-0.05, 0) is 86.7 Å². The van der Waals surface area contributed by atoms with E-state index in [0.29, 0.717) is 23.5 Å². The molecule has 1 amide bonds. The number of carbonyl (C=O) groups excluding carboxylic acids is 2. The number of hydrogen-bond acceptors (Lipinski definition) is 6. The summed E-state index contributed by atoms with van der Waals surface area (Å²) in [7, 11) is 0. The van der Waals surface area contributed by atoms with E-state index in [-0.39, 0.29) is 28.2 Å². The van der Waals surface area contributed by atoms with Crippen LogP contribution in [0.2, 0.25) is 0 Å². The summed E-state index contributed by atoms with van der Waals surface area (Å²) >= 11 is 0. The fraction of sp³-hybridized carbons (Fsp3) is 0.353. The second-order valence-corrected chi connectivity index (χ2v) is 11.3. The maximum atomic E-state index is 13.7. The molecular formula is C34H40N2O5. The summed E-state index contributed by atoms with van der Waals surface area (Å²) in [5.41, 5.74) is 3.63. The van der Waals surface area contributed by atoms with Gasteiger partial charge < -0.3 is 19.8 Å². The number of aliphatic hydroxyl groups is 1. The number of amides is 1. The van der Waals surface area contributed by atoms with Crippen LogP contribution in [0, 0.1) is 6.92 Å². The molecule has 1 fully saturated rings. The molecule has 3 aromatic carbocycles. The lowest BCUT2D eigenvalue weighted by Gasteiger charge is -2.27. The van der Waals surface area contributed by atoms with Gasteiger partial charge in [-0.15, -0.1) is 0 Å². The van der Waals surface area contributed by atoms with Crippen LogP contribution >= 0.6 is 0 Å². The van der Waals surface area contributed by atoms with Crippen LogP contribution < -0.4 is 14.5 Å². The first kappa shape index (κ1) is 29.7. The summed E-state index contributed by atoms with van der Waals surface area (Å²) in [6.07, 6.45) is 0. The van der Waals surface area contributed by atoms with Crippen molar-refractivity contribution in [1.29, 1.82) is 0 Å². The van der Waals surface area contributed by atoms with Gasteiger partial charge in [0.25, 0.3) is 11.7 Å². The molecule has 7 heteroatoms. The summed E-state index contributed by atoms with van der Waals surface area (Å²) in [4.78, 5) is 30.8. The van der Waals surface area contributed by atoms with E-state index >= 15 is 0 Å². The van der Waals surface area contributed by atoms with E-state index < -0.39 is 17.7 Å². The minimum Gasteiger partial charge on any atom is -0.507 e. The van der Waals surface area contributed by atoms with Gasteiger partial charge in [0.1, 0.15) is 17.3 Å². The zero-order valence-electron chi connectivity index (χ0n) is 25.0. The van der Waals surface area contributed by atoms with Gasteiger partial charge >= 0.3 is 0 Å². The van der Waals surface area contributed by atoms with Crippen LogP contribution in [0.15, 0.2) is 66.2 Å². The molecule has 1 aliphatic rings. The summed E-state index contributed by atoms with van der Waals surface area (Å²) < 4.78 is 5.84. The number of phenolic OH excluding ortho intramolecular Hbond substituents is 1. The van der Waals surface area contributed by atoms with Crippen molar-refractivity contribution in [3.05, 3.63) is 88.5 Å². The third-order valence-electron chi connectivity index (χ3n) is 7.53. The number of nitrogens with zero attached hydrogens (tertiary/aromatic N) is 2. The zero-order chi connectivity index (χ0) is 30.1. The highest BCUT2D eigenvalue weighted by atomic mass is 16.5. The molecule has 1 aliphatic heterocycles. The molecule has 0 aliphatic carbocycles. The summed E-state index contributed by atoms with van der Waals surface area (Å²) in [6, 6.07) is 16.9. The SMILES string of the molecule is CCOc1ccc(/C(O)=C2/C(=O)C(=O)N(c3cc(C)ccc3O)C2c2ccc(N(CC)CC)cc2)cc1C(C)(C)C. The van der Waals surface area contributed by atoms with Crippen molar-refractivity contribution in [1.82, 2.24) is 0 Å². The Morgan fingerprint density at radius 2 is 1.61 bits per heavy atom. The van der Waals surface area contributed by atoms with Gasteiger partial charge in [0.2, 0.25) is 0 Å². The van der Waals surface area contributed by atoms with E-state index in [1.807, 2.05) is 65.0 Å². The summed E-state index contributed by atoms with van der Waals surface area (Å²) in [5.74, 6) is -1.33. The van der Waals surface area contributed by atoms with Crippen molar-refractivity contribution in [2.24, 2.45) is 0 Å². The number of anilines is 2. The Labute approximate surface area is 242 Å². The highest BCUT2D eigenvalue weighted by Gasteiger charge is 2.47. The maximum Gasteiger partial charge on any atom is 0.300 e. The average Bonchev–Trinajstić information content (AvgIpc) is 3.20. The topological polar surface area (TPSA) is 90.3 Å². The second-order valence-electron chi connectivity index (χ2n) is 11.3. The largest absolute Gasteiger partial charge is 0.507 e. The van der Waals surface area contributed by atoms with Gasteiger partial charge in [-0.3, -0.25) is 14.5 Å². The molecule has 4 rings (SSSR count). The molecule has 2 N–H and O–H groups in total. The normalized spacial score (nSPS) is 16.8. The Bertz CT molecular complexity index is 1480. The van der Waals surface area contributed by atoms with Crippen LogP contribution in [0.25, 0.3) is 5.76 Å². The molecule has 0 saturated carbocycles. The van der Waals surface area contributed by atoms with Gasteiger partial charge in [-0.1, -0.05) is 39.0 Å². The van der Waals surface area contributed by atoms with Crippen molar-refractivity contribution >= 4 is 28.8 Å². The predicted octanol–water partition coefficient (Wildman–Crippen LogP) is 6.87. The number of benzene rings is 3. The first-order chi connectivity index (χ1) is 19.4. The number of aliphatic hydroxyl groups excluding tert-OH is 1. The number of aromatic hydroxyl groups is 1. The summed E-state index contributed by atoms with van der Waals surface area (Å²) in [5, 5.41) is 22.5. The van der Waals surface area contributed by atoms with E-state index in [4.69, 9.17) is 4.74 Å². The molecule has 0 aromatic heterocycles. The molecule has 41 heavy (non-hydrogen) atoms. The van der Waals surface area contributed by atoms with Crippen LogP contribution in [0.4, 0.5) is 11.4 Å². The molecule has 7 nitrogen and oxygen atoms in total. The Balaban J connectivity index is 1.96. The van der Waals surface area contributed by atoms with E-state index in [2.05, 4.69) is 18.7 Å². The van der Waals surface area contributed by atoms with Crippen LogP contribution in [0.3, 0.4) is 0 Å². The van der Waals surface area contributed by atoms with Crippen molar-refractivity contribution in [2.45, 2.75) is 59.9 Å². The zero-order valence-corrected chi connectivity index (χ0v) is 25.0. The number of rotatable bonds is 8. The number of Topliss-reactive ketones (excluding diaryl/α,β-unsaturated/α-hetero) is 1. The van der Waals surface area contributed by atoms with Crippen LogP contribution in [0.1, 0.15) is 69.8 Å². The molecule has 3 aromatic rings. The van der Waals surface area contributed by atoms with Gasteiger partial charge in [0.15, 0.2) is 0 Å². The Kier molecular flexibility index (Phi) is 8.47. The highest BCUT2D eigenvalue weighted by molar-refractivity contribution is 6.52. The molecule has 1 atom stereocenters. The maximum absolute atomic E-state index is 13.7. The quantitative estimate of drug-likeness (QED) is 0.179. The monoisotopic (exact) mass is 556 g/mol. The molecule has 0 bridgehead atoms. The highest BCUT2D eigenvalue weighted by Crippen LogP contribution is 2.46. The molecule has 0 radical (unpaired) electrons. The first-order valence-corrected chi connectivity index (χ1v) is 14.2. The fourth-order valence-corrected chi connectivity index (χ4v) is 5.38. The fourth-order valence-electron chi connectivity index (χ4n) is 5.38. The number of aryl methyl sites for hydroxylation is 1. The molecular weight excluding hydrogens is 516 g/mol. The average molecular weight is 557 g/mol. The van der Waals surface area contributed by atoms with Crippen LogP contribution in [-0.2, 0) is 15.0 Å². The van der Waals surface area contributed by atoms with E-state index in [0.717, 1.165) is 29.9 Å². The minimum atomic E-state index is -0.946. The van der Waals surface area contributed by atoms with Gasteiger partial charge in [-0.2, -0.15) is 0 Å². The molecule has 1 heterocycles. The Morgan fingerprint density at radius 3 is 2.20 bits per heavy atom. The standard InChI is InChI=1S/C34H40N2O5/c1-8-35(9-2)24-15-12-22(13-16-24)30-29(32(39)33(40)36(30)26-19-21(4)11-17-27(26)37)31(38)23-14-18-28(41-10-3)25(20-23)34(5,6)7/h11-20,30,37-38H,8-10H2,1-7H3/b31-29-. The second kappa shape index (κ2) is 11.7. The van der Waals surface area contributed by atoms with Gasteiger partial charge in [0, 0.05) is 29.9 Å². The number of carbonyl (C=O) groups is 2. The van der Waals surface area contributed by atoms with E-state index in [9.17, 15) is 19.8 Å². The smallest absolute Gasteiger partial charge is 0.300 e. The van der Waals surface area contributed by atoms with Crippen molar-refractivity contribution in [3.63, 3.8) is 0 Å². The molecule has 0 spiro atoms. The van der Waals surface area contributed by atoms with Crippen LogP contribution in [-0.4, -0.2) is 41.6 Å². The minimum absolute atomic E-state index is 0.0319. The number of ketones is 1. The number of phenols is 1. The lowest BCUT2D eigenvalue weighted by Crippen LogP contribution is -2.29. The van der Waals surface area contributed by atoms with Crippen LogP contribution in [0.5, 0.6) is 11.5 Å². The number of hydrogen-bond donors (Lipinski definition) is 2. The van der Waals surface area contributed by atoms with Gasteiger partial charge in [-0.25, -0.2) is 0 Å². The van der Waals surface area contributed by atoms with Crippen molar-refractivity contribution in [3.8, 4) is 11.5 Å². The van der Waals surface area contributed by atoms with Crippen molar-refractivity contribution < 1.29 is 24.5 Å². The third-order valence-corrected chi connectivity index (χ3v) is 7.53. The molecule has 1 saturated heterocycles. The molecule has 1 unspecified atom stereocenters. The Hall–Kier alpha value is -4.26. The lowest BCUT2D eigenvalue weighted by molar-refractivity contribution is -0.132. The van der Waals surface area contributed by atoms with Crippen molar-refractivity contribution in [2.75, 3.05) is 29.5 Å².